The van der Waals surface area contributed by atoms with Gasteiger partial charge in [-0.2, -0.15) is 0 Å². The molecule has 0 aliphatic carbocycles. The van der Waals surface area contributed by atoms with Crippen molar-refractivity contribution in [3.8, 4) is 0 Å². The van der Waals surface area contributed by atoms with Gasteiger partial charge in [0.15, 0.2) is 6.79 Å². The number of ether oxygens (including phenoxy) is 2. The maximum Gasteiger partial charge on any atom is 0.316 e. The first-order valence-electron chi connectivity index (χ1n) is 8.61. The summed E-state index contributed by atoms with van der Waals surface area (Å²) in [5.41, 5.74) is 0.144. The number of halogens is 1. The summed E-state index contributed by atoms with van der Waals surface area (Å²) in [6, 6.07) is 5.63. The number of methoxy groups -OCH3 is 1. The zero-order valence-corrected chi connectivity index (χ0v) is 18.4. The van der Waals surface area contributed by atoms with Crippen LogP contribution in [0.2, 0.25) is 0 Å². The molecular weight excluding hydrogens is 414 g/mol. The van der Waals surface area contributed by atoms with E-state index < -0.39 is 16.9 Å². The van der Waals surface area contributed by atoms with Gasteiger partial charge in [-0.05, 0) is 53.2 Å². The second-order valence-electron chi connectivity index (χ2n) is 7.97. The molecule has 7 heteroatoms. The third kappa shape index (κ3) is 4.10. The average molecular weight is 440 g/mol. The van der Waals surface area contributed by atoms with Gasteiger partial charge in [-0.3, -0.25) is 9.59 Å². The highest BCUT2D eigenvalue weighted by Gasteiger charge is 2.51. The van der Waals surface area contributed by atoms with E-state index >= 15 is 0 Å². The number of hydroxylamine groups is 2. The average Bonchev–Trinajstić information content (AvgIpc) is 2.72. The van der Waals surface area contributed by atoms with Crippen LogP contribution in [-0.2, 0) is 23.9 Å². The van der Waals surface area contributed by atoms with E-state index in [1.54, 1.807) is 34.6 Å². The first-order valence-corrected chi connectivity index (χ1v) is 9.41. The molecule has 0 radical (unpaired) electrons. The lowest BCUT2D eigenvalue weighted by Crippen LogP contribution is -2.45. The second kappa shape index (κ2) is 7.73. The topological polar surface area (TPSA) is 65.1 Å². The third-order valence-corrected chi connectivity index (χ3v) is 4.93. The summed E-state index contributed by atoms with van der Waals surface area (Å²) in [5.74, 6) is -0.545. The predicted octanol–water partition coefficient (Wildman–Crippen LogP) is 4.21. The number of carbonyl (C=O) groups is 2. The van der Waals surface area contributed by atoms with Crippen molar-refractivity contribution in [1.82, 2.24) is 5.06 Å². The van der Waals surface area contributed by atoms with Crippen molar-refractivity contribution in [2.45, 2.75) is 47.1 Å². The van der Waals surface area contributed by atoms with E-state index in [-0.39, 0.29) is 18.5 Å². The minimum Gasteiger partial charge on any atom is -0.427 e. The highest BCUT2D eigenvalue weighted by molar-refractivity contribution is 9.10. The van der Waals surface area contributed by atoms with Gasteiger partial charge in [-0.1, -0.05) is 28.1 Å². The first kappa shape index (κ1) is 21.6. The van der Waals surface area contributed by atoms with Crippen LogP contribution in [0.4, 0.5) is 0 Å². The van der Waals surface area contributed by atoms with Crippen molar-refractivity contribution in [3.63, 3.8) is 0 Å². The van der Waals surface area contributed by atoms with Gasteiger partial charge >= 0.3 is 5.97 Å². The van der Waals surface area contributed by atoms with E-state index in [2.05, 4.69) is 15.9 Å². The number of nitrogens with zero attached hydrogens (tertiary/aromatic N) is 1. The molecule has 0 saturated carbocycles. The Balaban J connectivity index is 2.67. The van der Waals surface area contributed by atoms with Crippen molar-refractivity contribution in [3.05, 3.63) is 39.6 Å². The number of benzene rings is 1. The molecule has 0 saturated heterocycles. The summed E-state index contributed by atoms with van der Waals surface area (Å²) in [7, 11) is 1.47. The fourth-order valence-electron chi connectivity index (χ4n) is 2.77. The molecule has 1 aromatic rings. The molecule has 148 valence electrons. The second-order valence-corrected chi connectivity index (χ2v) is 8.82. The smallest absolute Gasteiger partial charge is 0.316 e. The van der Waals surface area contributed by atoms with E-state index in [4.69, 9.17) is 14.3 Å². The number of esters is 1. The zero-order chi connectivity index (χ0) is 20.6. The summed E-state index contributed by atoms with van der Waals surface area (Å²) >= 11 is 3.52. The number of rotatable bonds is 5. The van der Waals surface area contributed by atoms with Gasteiger partial charge in [0, 0.05) is 17.1 Å². The van der Waals surface area contributed by atoms with Crippen LogP contribution in [0.5, 0.6) is 0 Å². The normalized spacial score (nSPS) is 16.9. The summed E-state index contributed by atoms with van der Waals surface area (Å²) in [6.45, 7) is 10.6. The van der Waals surface area contributed by atoms with Crippen molar-refractivity contribution in [1.29, 1.82) is 0 Å². The Kier molecular flexibility index (Phi) is 6.19. The van der Waals surface area contributed by atoms with Gasteiger partial charge in [0.05, 0.1) is 11.0 Å². The number of hydrogen-bond acceptors (Lipinski definition) is 5. The van der Waals surface area contributed by atoms with Crippen LogP contribution in [0.25, 0.3) is 5.57 Å². The molecule has 1 aromatic carbocycles. The van der Waals surface area contributed by atoms with E-state index in [0.29, 0.717) is 11.1 Å². The largest absolute Gasteiger partial charge is 0.427 e. The Hall–Kier alpha value is -1.70. The van der Waals surface area contributed by atoms with Gasteiger partial charge in [0.25, 0.3) is 5.91 Å². The fourth-order valence-corrected chi connectivity index (χ4v) is 3.43. The van der Waals surface area contributed by atoms with Crippen LogP contribution in [0.15, 0.2) is 28.4 Å². The molecular formula is C20H26BrNO5. The molecule has 0 atom stereocenters. The minimum atomic E-state index is -0.992. The molecule has 1 heterocycles. The van der Waals surface area contributed by atoms with E-state index in [9.17, 15) is 9.59 Å². The number of carbonyl (C=O) groups excluding carboxylic acids is 2. The summed E-state index contributed by atoms with van der Waals surface area (Å²) in [6.07, 6.45) is 0. The molecule has 0 N–H and O–H groups in total. The van der Waals surface area contributed by atoms with E-state index in [0.717, 1.165) is 10.0 Å². The lowest BCUT2D eigenvalue weighted by molar-refractivity contribution is -0.239. The maximum atomic E-state index is 13.2. The number of aryl methyl sites for hydroxylation is 1. The minimum absolute atomic E-state index is 0.0993. The maximum absolute atomic E-state index is 13.2. The molecule has 6 nitrogen and oxygen atoms in total. The zero-order valence-electron chi connectivity index (χ0n) is 16.8. The molecule has 1 aliphatic heterocycles. The van der Waals surface area contributed by atoms with Gasteiger partial charge < -0.3 is 9.47 Å². The number of hydrogen-bond donors (Lipinski definition) is 0. The Morgan fingerprint density at radius 1 is 1.26 bits per heavy atom. The van der Waals surface area contributed by atoms with Crippen molar-refractivity contribution < 1.29 is 23.9 Å². The van der Waals surface area contributed by atoms with E-state index in [1.165, 1.54) is 12.2 Å². The quantitative estimate of drug-likeness (QED) is 0.507. The van der Waals surface area contributed by atoms with Gasteiger partial charge in [-0.15, -0.1) is 0 Å². The van der Waals surface area contributed by atoms with Crippen LogP contribution in [0.3, 0.4) is 0 Å². The Bertz CT molecular complexity index is 772. The molecule has 0 aromatic heterocycles. The van der Waals surface area contributed by atoms with Gasteiger partial charge in [-0.25, -0.2) is 9.90 Å². The van der Waals surface area contributed by atoms with Crippen molar-refractivity contribution >= 4 is 33.4 Å². The van der Waals surface area contributed by atoms with Crippen LogP contribution in [0, 0.1) is 12.3 Å². The van der Waals surface area contributed by atoms with Crippen LogP contribution >= 0.6 is 15.9 Å². The molecule has 0 bridgehead atoms. The summed E-state index contributed by atoms with van der Waals surface area (Å²) in [4.78, 5) is 31.4. The SMILES string of the molecule is COCON1C(=O)C(c2c(C)cccc2Br)=C(OC(=O)C(C)(C)C)C1(C)C. The van der Waals surface area contributed by atoms with Crippen LogP contribution < -0.4 is 0 Å². The van der Waals surface area contributed by atoms with Crippen LogP contribution in [-0.4, -0.2) is 36.4 Å². The van der Waals surface area contributed by atoms with Crippen molar-refractivity contribution in [2.75, 3.05) is 13.9 Å². The fraction of sp³-hybridized carbons (Fsp3) is 0.500. The lowest BCUT2D eigenvalue weighted by Gasteiger charge is -2.32. The van der Waals surface area contributed by atoms with Gasteiger partial charge in [0.2, 0.25) is 0 Å². The molecule has 27 heavy (non-hydrogen) atoms. The van der Waals surface area contributed by atoms with Crippen molar-refractivity contribution in [2.24, 2.45) is 5.41 Å². The third-order valence-electron chi connectivity index (χ3n) is 4.27. The molecule has 1 aliphatic rings. The predicted molar refractivity (Wildman–Crippen MR) is 105 cm³/mol. The summed E-state index contributed by atoms with van der Waals surface area (Å²) < 4.78 is 11.5. The molecule has 0 spiro atoms. The monoisotopic (exact) mass is 439 g/mol. The lowest BCUT2D eigenvalue weighted by atomic mass is 9.94. The highest BCUT2D eigenvalue weighted by atomic mass is 79.9. The molecule has 1 amide bonds. The summed E-state index contributed by atoms with van der Waals surface area (Å²) in [5, 5.41) is 1.20. The van der Waals surface area contributed by atoms with E-state index in [1.807, 2.05) is 25.1 Å². The Morgan fingerprint density at radius 3 is 2.41 bits per heavy atom. The standard InChI is InChI=1S/C20H26BrNO5/c1-12-9-8-10-13(21)14(12)15-16(27-18(24)19(2,3)4)20(5,6)22(17(15)23)26-11-25-7/h8-10H,11H2,1-7H3. The number of amides is 1. The molecule has 2 rings (SSSR count). The Morgan fingerprint density at radius 2 is 1.89 bits per heavy atom. The van der Waals surface area contributed by atoms with Crippen LogP contribution in [0.1, 0.15) is 45.7 Å². The first-order chi connectivity index (χ1) is 12.4. The van der Waals surface area contributed by atoms with Gasteiger partial charge in [0.1, 0.15) is 11.3 Å². The molecule has 0 unspecified atom stereocenters. The molecule has 0 fully saturated rings. The highest BCUT2D eigenvalue weighted by Crippen LogP contribution is 2.44. The Labute approximate surface area is 168 Å².